The Hall–Kier alpha value is -4.21. The fourth-order valence-corrected chi connectivity index (χ4v) is 5.32. The second-order valence-electron chi connectivity index (χ2n) is 11.3. The van der Waals surface area contributed by atoms with E-state index in [0.29, 0.717) is 41.2 Å². The van der Waals surface area contributed by atoms with E-state index in [0.717, 1.165) is 5.69 Å². The third kappa shape index (κ3) is 4.82. The number of carbonyl (C=O) groups is 2. The summed E-state index contributed by atoms with van der Waals surface area (Å²) < 4.78 is 21.6. The van der Waals surface area contributed by atoms with E-state index in [1.165, 1.54) is 9.47 Å². The molecule has 2 aliphatic rings. The molecular formula is C30H34FN5O4. The molecule has 1 atom stereocenters. The van der Waals surface area contributed by atoms with Crippen LogP contribution in [0.2, 0.25) is 0 Å². The quantitative estimate of drug-likeness (QED) is 0.445. The number of hydrogen-bond donors (Lipinski definition) is 0. The number of hydrogen-bond acceptors (Lipinski definition) is 5. The molecule has 1 saturated heterocycles. The molecule has 3 amide bonds. The highest BCUT2D eigenvalue weighted by molar-refractivity contribution is 6.05. The van der Waals surface area contributed by atoms with Crippen LogP contribution in [0.15, 0.2) is 47.3 Å². The van der Waals surface area contributed by atoms with Crippen LogP contribution in [0.5, 0.6) is 0 Å². The van der Waals surface area contributed by atoms with Gasteiger partial charge >= 0.3 is 12.1 Å². The van der Waals surface area contributed by atoms with Gasteiger partial charge in [0.15, 0.2) is 0 Å². The summed E-state index contributed by atoms with van der Waals surface area (Å²) in [5.74, 6) is -0.214. The Morgan fingerprint density at radius 3 is 2.23 bits per heavy atom. The summed E-state index contributed by atoms with van der Waals surface area (Å²) in [6.45, 7) is 11.5. The normalized spacial score (nSPS) is 17.3. The van der Waals surface area contributed by atoms with Crippen molar-refractivity contribution in [2.24, 2.45) is 0 Å². The number of ether oxygens (including phenoxy) is 1. The van der Waals surface area contributed by atoms with Gasteiger partial charge in [0.2, 0.25) is 5.95 Å². The molecule has 2 aromatic carbocycles. The van der Waals surface area contributed by atoms with Crippen molar-refractivity contribution in [1.29, 1.82) is 0 Å². The van der Waals surface area contributed by atoms with Crippen molar-refractivity contribution < 1.29 is 18.7 Å². The molecule has 0 N–H and O–H groups in total. The lowest BCUT2D eigenvalue weighted by Gasteiger charge is -2.36. The SMILES string of the molecule is Cc1cc(-n2c(N3CCN(c4ccccc4)C3=O)nc3c(c2=O)CCN(C(=O)OC(C)(C)C)[C@H]3C)cc(C)c1F. The van der Waals surface area contributed by atoms with Crippen LogP contribution in [0.25, 0.3) is 5.69 Å². The minimum absolute atomic E-state index is 0.135. The van der Waals surface area contributed by atoms with E-state index in [4.69, 9.17) is 9.72 Å². The molecule has 1 aromatic heterocycles. The van der Waals surface area contributed by atoms with Gasteiger partial charge in [0.05, 0.1) is 17.4 Å². The summed E-state index contributed by atoms with van der Waals surface area (Å²) in [6.07, 6.45) is -0.218. The predicted octanol–water partition coefficient (Wildman–Crippen LogP) is 5.29. The van der Waals surface area contributed by atoms with Crippen LogP contribution in [0.1, 0.15) is 56.1 Å². The lowest BCUT2D eigenvalue weighted by atomic mass is 10.00. The van der Waals surface area contributed by atoms with E-state index < -0.39 is 17.7 Å². The maximum Gasteiger partial charge on any atom is 0.410 e. The van der Waals surface area contributed by atoms with E-state index >= 15 is 0 Å². The predicted molar refractivity (Wildman–Crippen MR) is 151 cm³/mol. The van der Waals surface area contributed by atoms with Crippen LogP contribution in [0, 0.1) is 19.7 Å². The third-order valence-electron chi connectivity index (χ3n) is 7.28. The zero-order valence-corrected chi connectivity index (χ0v) is 23.7. The lowest BCUT2D eigenvalue weighted by Crippen LogP contribution is -2.46. The first-order valence-corrected chi connectivity index (χ1v) is 13.4. The molecule has 210 valence electrons. The Kier molecular flexibility index (Phi) is 6.89. The summed E-state index contributed by atoms with van der Waals surface area (Å²) in [4.78, 5) is 50.4. The lowest BCUT2D eigenvalue weighted by molar-refractivity contribution is 0.0154. The van der Waals surface area contributed by atoms with Crippen LogP contribution in [0.4, 0.5) is 25.6 Å². The monoisotopic (exact) mass is 547 g/mol. The topological polar surface area (TPSA) is 88.0 Å². The summed E-state index contributed by atoms with van der Waals surface area (Å²) in [7, 11) is 0. The largest absolute Gasteiger partial charge is 0.444 e. The average molecular weight is 548 g/mol. The fourth-order valence-electron chi connectivity index (χ4n) is 5.32. The van der Waals surface area contributed by atoms with Crippen molar-refractivity contribution in [3.63, 3.8) is 0 Å². The molecule has 0 radical (unpaired) electrons. The number of carbonyl (C=O) groups excluding carboxylic acids is 2. The number of nitrogens with zero attached hydrogens (tertiary/aromatic N) is 5. The molecule has 0 spiro atoms. The highest BCUT2D eigenvalue weighted by atomic mass is 19.1. The van der Waals surface area contributed by atoms with Crippen molar-refractivity contribution in [3.05, 3.63) is 81.0 Å². The van der Waals surface area contributed by atoms with Crippen molar-refractivity contribution in [2.75, 3.05) is 29.4 Å². The number of fused-ring (bicyclic) bond motifs is 1. The molecule has 10 heteroatoms. The number of anilines is 2. The molecule has 1 fully saturated rings. The first-order valence-electron chi connectivity index (χ1n) is 13.4. The average Bonchev–Trinajstić information content (AvgIpc) is 3.27. The molecule has 40 heavy (non-hydrogen) atoms. The van der Waals surface area contributed by atoms with Gasteiger partial charge in [-0.1, -0.05) is 18.2 Å². The smallest absolute Gasteiger partial charge is 0.410 e. The van der Waals surface area contributed by atoms with E-state index in [-0.39, 0.29) is 36.3 Å². The molecule has 0 saturated carbocycles. The zero-order valence-electron chi connectivity index (χ0n) is 23.7. The minimum Gasteiger partial charge on any atom is -0.444 e. The molecule has 9 nitrogen and oxygen atoms in total. The Bertz CT molecular complexity index is 1520. The van der Waals surface area contributed by atoms with Crippen LogP contribution < -0.4 is 15.4 Å². The van der Waals surface area contributed by atoms with Crippen molar-refractivity contribution in [3.8, 4) is 5.69 Å². The van der Waals surface area contributed by atoms with Crippen LogP contribution in [-0.4, -0.2) is 51.8 Å². The standard InChI is InChI=1S/C30H34FN5O4/c1-18-16-22(17-19(2)24(18)31)36-26(37)23-12-13-33(29(39)40-30(4,5)6)20(3)25(23)32-27(36)35-15-14-34(28(35)38)21-10-8-7-9-11-21/h7-11,16-17,20H,12-15H2,1-6H3/t20-/m0/s1. The number of amides is 3. The highest BCUT2D eigenvalue weighted by Gasteiger charge is 2.38. The molecule has 2 aliphatic heterocycles. The Labute approximate surface area is 232 Å². The van der Waals surface area contributed by atoms with Gasteiger partial charge in [-0.05, 0) is 83.4 Å². The van der Waals surface area contributed by atoms with E-state index in [1.54, 1.807) is 63.5 Å². The maximum absolute atomic E-state index is 14.6. The minimum atomic E-state index is -0.680. The first kappa shape index (κ1) is 27.4. The molecule has 0 bridgehead atoms. The molecule has 3 aromatic rings. The van der Waals surface area contributed by atoms with Crippen LogP contribution in [0.3, 0.4) is 0 Å². The number of benzene rings is 2. The van der Waals surface area contributed by atoms with Crippen molar-refractivity contribution >= 4 is 23.8 Å². The third-order valence-corrected chi connectivity index (χ3v) is 7.28. The number of urea groups is 1. The van der Waals surface area contributed by atoms with Gasteiger partial charge in [-0.15, -0.1) is 0 Å². The molecule has 0 aliphatic carbocycles. The maximum atomic E-state index is 14.6. The van der Waals surface area contributed by atoms with Gasteiger partial charge in [-0.2, -0.15) is 0 Å². The second kappa shape index (κ2) is 10.1. The van der Waals surface area contributed by atoms with E-state index in [9.17, 15) is 18.8 Å². The Balaban J connectivity index is 1.66. The van der Waals surface area contributed by atoms with E-state index in [2.05, 4.69) is 0 Å². The van der Waals surface area contributed by atoms with E-state index in [1.807, 2.05) is 30.3 Å². The van der Waals surface area contributed by atoms with Crippen LogP contribution in [-0.2, 0) is 11.2 Å². The van der Waals surface area contributed by atoms with Gasteiger partial charge in [0, 0.05) is 30.9 Å². The summed E-state index contributed by atoms with van der Waals surface area (Å²) >= 11 is 0. The summed E-state index contributed by atoms with van der Waals surface area (Å²) in [5.41, 5.74) is 1.80. The Morgan fingerprint density at radius 2 is 1.60 bits per heavy atom. The molecule has 5 rings (SSSR count). The zero-order chi connectivity index (χ0) is 28.9. The van der Waals surface area contributed by atoms with Crippen molar-refractivity contribution in [2.45, 2.75) is 59.6 Å². The highest BCUT2D eigenvalue weighted by Crippen LogP contribution is 2.32. The van der Waals surface area contributed by atoms with Gasteiger partial charge in [-0.3, -0.25) is 19.5 Å². The molecule has 0 unspecified atom stereocenters. The summed E-state index contributed by atoms with van der Waals surface area (Å²) in [5, 5.41) is 0. The van der Waals surface area contributed by atoms with Gasteiger partial charge in [-0.25, -0.2) is 23.5 Å². The number of para-hydroxylation sites is 1. The number of aromatic nitrogens is 2. The first-order chi connectivity index (χ1) is 18.9. The summed E-state index contributed by atoms with van der Waals surface area (Å²) in [6, 6.07) is 11.6. The van der Waals surface area contributed by atoms with Crippen molar-refractivity contribution in [1.82, 2.24) is 14.5 Å². The van der Waals surface area contributed by atoms with Gasteiger partial charge in [0.1, 0.15) is 11.4 Å². The number of rotatable bonds is 3. The fraction of sp³-hybridized carbons (Fsp3) is 0.400. The van der Waals surface area contributed by atoms with Gasteiger partial charge in [0.25, 0.3) is 5.56 Å². The molecular weight excluding hydrogens is 513 g/mol. The molecule has 3 heterocycles. The second-order valence-corrected chi connectivity index (χ2v) is 11.3. The number of halogens is 1. The number of aryl methyl sites for hydroxylation is 2. The van der Waals surface area contributed by atoms with Crippen LogP contribution >= 0.6 is 0 Å². The van der Waals surface area contributed by atoms with Gasteiger partial charge < -0.3 is 4.74 Å². The Morgan fingerprint density at radius 1 is 0.975 bits per heavy atom.